The maximum atomic E-state index is 11.6. The summed E-state index contributed by atoms with van der Waals surface area (Å²) in [5, 5.41) is 7.29. The van der Waals surface area contributed by atoms with Crippen LogP contribution in [0.2, 0.25) is 0 Å². The molecule has 0 aliphatic heterocycles. The molecule has 0 radical (unpaired) electrons. The highest BCUT2D eigenvalue weighted by Crippen LogP contribution is 2.09. The molecule has 7 heteroatoms. The Kier molecular flexibility index (Phi) is 4.12. The lowest BCUT2D eigenvalue weighted by atomic mass is 10.2. The maximum absolute atomic E-state index is 11.6. The maximum Gasteiger partial charge on any atom is 0.435 e. The van der Waals surface area contributed by atoms with Crippen molar-refractivity contribution < 1.29 is 9.53 Å². The zero-order valence-corrected chi connectivity index (χ0v) is 10.1. The largest absolute Gasteiger partial charge is 0.442 e. The first-order chi connectivity index (χ1) is 7.92. The fourth-order valence-corrected chi connectivity index (χ4v) is 1.12. The van der Waals surface area contributed by atoms with Crippen LogP contribution in [0.25, 0.3) is 10.4 Å². The van der Waals surface area contributed by atoms with E-state index < -0.39 is 11.7 Å². The highest BCUT2D eigenvalue weighted by molar-refractivity contribution is 5.69. The van der Waals surface area contributed by atoms with Crippen LogP contribution in [-0.4, -0.2) is 28.0 Å². The Morgan fingerprint density at radius 3 is 2.94 bits per heavy atom. The van der Waals surface area contributed by atoms with Crippen LogP contribution in [0.1, 0.15) is 26.3 Å². The van der Waals surface area contributed by atoms with Crippen molar-refractivity contribution in [1.29, 1.82) is 0 Å². The molecular weight excluding hydrogens is 222 g/mol. The van der Waals surface area contributed by atoms with E-state index in [1.165, 1.54) is 0 Å². The molecule has 7 nitrogen and oxygen atoms in total. The van der Waals surface area contributed by atoms with Gasteiger partial charge in [-0.2, -0.15) is 9.78 Å². The van der Waals surface area contributed by atoms with Gasteiger partial charge in [-0.25, -0.2) is 4.79 Å². The summed E-state index contributed by atoms with van der Waals surface area (Å²) in [6.45, 7) is 5.71. The van der Waals surface area contributed by atoms with Crippen molar-refractivity contribution in [2.24, 2.45) is 5.11 Å². The number of aromatic nitrogens is 2. The lowest BCUT2D eigenvalue weighted by Crippen LogP contribution is -2.27. The number of ether oxygens (including phenoxy) is 1. The molecule has 1 aromatic rings. The molecule has 0 fully saturated rings. The van der Waals surface area contributed by atoms with Gasteiger partial charge < -0.3 is 4.74 Å². The minimum atomic E-state index is -0.547. The van der Waals surface area contributed by atoms with Crippen molar-refractivity contribution in [1.82, 2.24) is 9.78 Å². The molecule has 1 rings (SSSR count). The second kappa shape index (κ2) is 5.36. The van der Waals surface area contributed by atoms with Gasteiger partial charge in [0.05, 0.1) is 6.20 Å². The van der Waals surface area contributed by atoms with Crippen LogP contribution in [-0.2, 0) is 11.2 Å². The summed E-state index contributed by atoms with van der Waals surface area (Å²) >= 11 is 0. The predicted molar refractivity (Wildman–Crippen MR) is 61.6 cm³/mol. The molecule has 92 valence electrons. The van der Waals surface area contributed by atoms with Crippen molar-refractivity contribution in [2.75, 3.05) is 6.54 Å². The molecule has 0 saturated carbocycles. The van der Waals surface area contributed by atoms with E-state index >= 15 is 0 Å². The second-order valence-electron chi connectivity index (χ2n) is 4.48. The first-order valence-corrected chi connectivity index (χ1v) is 5.20. The normalized spacial score (nSPS) is 10.8. The fraction of sp³-hybridized carbons (Fsp3) is 0.600. The third-order valence-electron chi connectivity index (χ3n) is 1.78. The van der Waals surface area contributed by atoms with Crippen molar-refractivity contribution in [2.45, 2.75) is 32.8 Å². The van der Waals surface area contributed by atoms with E-state index in [2.05, 4.69) is 15.1 Å². The van der Waals surface area contributed by atoms with Gasteiger partial charge in [-0.05, 0) is 38.3 Å². The summed E-state index contributed by atoms with van der Waals surface area (Å²) in [6.07, 6.45) is 3.15. The Labute approximate surface area is 99.0 Å². The highest BCUT2D eigenvalue weighted by atomic mass is 16.6. The number of hydrogen-bond donors (Lipinski definition) is 0. The lowest BCUT2D eigenvalue weighted by Gasteiger charge is -2.18. The van der Waals surface area contributed by atoms with E-state index in [4.69, 9.17) is 10.3 Å². The molecule has 0 N–H and O–H groups in total. The van der Waals surface area contributed by atoms with Gasteiger partial charge in [0.15, 0.2) is 0 Å². The number of nitrogens with zero attached hydrogens (tertiary/aromatic N) is 5. The molecule has 17 heavy (non-hydrogen) atoms. The molecule has 0 aliphatic rings. The van der Waals surface area contributed by atoms with E-state index in [1.54, 1.807) is 33.2 Å². The average Bonchev–Trinajstić information content (AvgIpc) is 2.64. The van der Waals surface area contributed by atoms with Crippen LogP contribution in [0.15, 0.2) is 17.5 Å². The minimum absolute atomic E-state index is 0.344. The van der Waals surface area contributed by atoms with E-state index in [9.17, 15) is 4.79 Å². The van der Waals surface area contributed by atoms with Crippen LogP contribution in [0.3, 0.4) is 0 Å². The van der Waals surface area contributed by atoms with Crippen LogP contribution in [0.5, 0.6) is 0 Å². The molecule has 0 spiro atoms. The summed E-state index contributed by atoms with van der Waals surface area (Å²) in [5.74, 6) is 0. The highest BCUT2D eigenvalue weighted by Gasteiger charge is 2.18. The van der Waals surface area contributed by atoms with Crippen LogP contribution < -0.4 is 0 Å². The standard InChI is InChI=1S/C10H15N5O2/c1-10(2,3)17-9(16)15-7-8(6-13-15)4-5-12-14-11/h6-7H,4-5H2,1-3H3. The molecule has 1 aromatic heterocycles. The number of azide groups is 1. The molecular formula is C10H15N5O2. The molecule has 0 unspecified atom stereocenters. The minimum Gasteiger partial charge on any atom is -0.442 e. The monoisotopic (exact) mass is 237 g/mol. The number of carbonyl (C=O) groups excluding carboxylic acids is 1. The first kappa shape index (κ1) is 13.1. The van der Waals surface area contributed by atoms with E-state index in [0.717, 1.165) is 10.2 Å². The molecule has 0 bridgehead atoms. The van der Waals surface area contributed by atoms with E-state index in [-0.39, 0.29) is 0 Å². The zero-order valence-electron chi connectivity index (χ0n) is 10.1. The van der Waals surface area contributed by atoms with Crippen molar-refractivity contribution in [3.8, 4) is 0 Å². The lowest BCUT2D eigenvalue weighted by molar-refractivity contribution is 0.0514. The SMILES string of the molecule is CC(C)(C)OC(=O)n1cc(CCN=[N+]=[N-])cn1. The average molecular weight is 237 g/mol. The van der Waals surface area contributed by atoms with Gasteiger partial charge in [-0.1, -0.05) is 5.11 Å². The van der Waals surface area contributed by atoms with Gasteiger partial charge in [0, 0.05) is 17.7 Å². The van der Waals surface area contributed by atoms with Crippen LogP contribution >= 0.6 is 0 Å². The number of rotatable bonds is 3. The van der Waals surface area contributed by atoms with Gasteiger partial charge in [0.2, 0.25) is 0 Å². The van der Waals surface area contributed by atoms with Gasteiger partial charge in [-0.3, -0.25) is 0 Å². The van der Waals surface area contributed by atoms with Crippen molar-refractivity contribution >= 4 is 6.09 Å². The Bertz CT molecular complexity index is 440. The molecule has 0 saturated heterocycles. The quantitative estimate of drug-likeness (QED) is 0.459. The van der Waals surface area contributed by atoms with Gasteiger partial charge in [0.1, 0.15) is 5.60 Å². The third-order valence-corrected chi connectivity index (χ3v) is 1.78. The van der Waals surface area contributed by atoms with Crippen molar-refractivity contribution in [3.05, 3.63) is 28.4 Å². The summed E-state index contributed by atoms with van der Waals surface area (Å²) in [6, 6.07) is 0. The van der Waals surface area contributed by atoms with Gasteiger partial charge >= 0.3 is 6.09 Å². The summed E-state index contributed by atoms with van der Waals surface area (Å²) in [7, 11) is 0. The molecule has 0 atom stereocenters. The smallest absolute Gasteiger partial charge is 0.435 e. The van der Waals surface area contributed by atoms with E-state index in [1.807, 2.05) is 0 Å². The predicted octanol–water partition coefficient (Wildman–Crippen LogP) is 2.52. The molecule has 0 amide bonds. The Balaban J connectivity index is 2.61. The molecule has 0 aromatic carbocycles. The Hall–Kier alpha value is -2.01. The van der Waals surface area contributed by atoms with Gasteiger partial charge in [0.25, 0.3) is 0 Å². The fourth-order valence-electron chi connectivity index (χ4n) is 1.12. The summed E-state index contributed by atoms with van der Waals surface area (Å²) < 4.78 is 6.28. The molecule has 0 aliphatic carbocycles. The first-order valence-electron chi connectivity index (χ1n) is 5.20. The third kappa shape index (κ3) is 4.56. The molecule has 1 heterocycles. The van der Waals surface area contributed by atoms with Crippen molar-refractivity contribution in [3.63, 3.8) is 0 Å². The van der Waals surface area contributed by atoms with Gasteiger partial charge in [-0.15, -0.1) is 0 Å². The van der Waals surface area contributed by atoms with E-state index in [0.29, 0.717) is 13.0 Å². The van der Waals surface area contributed by atoms with Crippen LogP contribution in [0.4, 0.5) is 4.79 Å². The Morgan fingerprint density at radius 1 is 1.65 bits per heavy atom. The second-order valence-corrected chi connectivity index (χ2v) is 4.48. The van der Waals surface area contributed by atoms with Crippen LogP contribution in [0, 0.1) is 0 Å². The summed E-state index contributed by atoms with van der Waals surface area (Å²) in [4.78, 5) is 14.2. The Morgan fingerprint density at radius 2 is 2.35 bits per heavy atom. The number of hydrogen-bond acceptors (Lipinski definition) is 4. The number of carbonyl (C=O) groups is 1. The zero-order chi connectivity index (χ0) is 12.9. The topological polar surface area (TPSA) is 92.9 Å². The summed E-state index contributed by atoms with van der Waals surface area (Å²) in [5.41, 5.74) is 8.40.